The molecule has 106 valence electrons. The average Bonchev–Trinajstić information content (AvgIpc) is 2.47. The van der Waals surface area contributed by atoms with E-state index in [9.17, 15) is 4.79 Å². The molecular formula is C15H10BrClN2OS. The van der Waals surface area contributed by atoms with E-state index >= 15 is 0 Å². The zero-order chi connectivity index (χ0) is 15.2. The van der Waals surface area contributed by atoms with Crippen LogP contribution in [0.15, 0.2) is 51.8 Å². The van der Waals surface area contributed by atoms with Crippen molar-refractivity contribution in [2.45, 2.75) is 4.90 Å². The molecule has 1 N–H and O–H groups in total. The Kier molecular flexibility index (Phi) is 5.68. The third-order valence-corrected chi connectivity index (χ3v) is 4.83. The lowest BCUT2D eigenvalue weighted by Gasteiger charge is -2.08. The van der Waals surface area contributed by atoms with Crippen molar-refractivity contribution in [2.24, 2.45) is 0 Å². The van der Waals surface area contributed by atoms with Gasteiger partial charge in [-0.25, -0.2) is 0 Å². The van der Waals surface area contributed by atoms with Crippen LogP contribution in [0.2, 0.25) is 5.02 Å². The summed E-state index contributed by atoms with van der Waals surface area (Å²) in [5, 5.41) is 12.2. The first kappa shape index (κ1) is 15.9. The number of nitriles is 1. The summed E-state index contributed by atoms with van der Waals surface area (Å²) >= 11 is 10.7. The Hall–Kier alpha value is -1.48. The number of hydrogen-bond acceptors (Lipinski definition) is 3. The first-order valence-corrected chi connectivity index (χ1v) is 8.12. The second-order valence-electron chi connectivity index (χ2n) is 4.07. The van der Waals surface area contributed by atoms with Gasteiger partial charge in [0.1, 0.15) is 6.07 Å². The molecule has 0 fully saturated rings. The molecule has 0 unspecified atom stereocenters. The summed E-state index contributed by atoms with van der Waals surface area (Å²) in [6.07, 6.45) is 0. The minimum atomic E-state index is -0.186. The molecule has 3 nitrogen and oxygen atoms in total. The van der Waals surface area contributed by atoms with Gasteiger partial charge in [0.05, 0.1) is 17.0 Å². The lowest BCUT2D eigenvalue weighted by molar-refractivity contribution is -0.113. The number of anilines is 1. The predicted octanol–water partition coefficient (Wildman–Crippen LogP) is 4.70. The first-order chi connectivity index (χ1) is 10.1. The fourth-order valence-electron chi connectivity index (χ4n) is 1.61. The normalized spacial score (nSPS) is 9.95. The third kappa shape index (κ3) is 4.50. The molecule has 1 amide bonds. The van der Waals surface area contributed by atoms with Crippen LogP contribution in [0.3, 0.4) is 0 Å². The molecule has 0 bridgehead atoms. The van der Waals surface area contributed by atoms with Crippen LogP contribution < -0.4 is 5.32 Å². The van der Waals surface area contributed by atoms with Crippen molar-refractivity contribution < 1.29 is 4.79 Å². The van der Waals surface area contributed by atoms with Crippen LogP contribution in [0.4, 0.5) is 5.69 Å². The molecule has 2 aromatic rings. The highest BCUT2D eigenvalue weighted by molar-refractivity contribution is 9.10. The van der Waals surface area contributed by atoms with Crippen LogP contribution in [-0.2, 0) is 4.79 Å². The largest absolute Gasteiger partial charge is 0.324 e. The van der Waals surface area contributed by atoms with Crippen LogP contribution in [0, 0.1) is 11.3 Å². The number of rotatable bonds is 4. The van der Waals surface area contributed by atoms with Crippen molar-refractivity contribution in [3.63, 3.8) is 0 Å². The van der Waals surface area contributed by atoms with Gasteiger partial charge in [0, 0.05) is 14.4 Å². The van der Waals surface area contributed by atoms with Crippen molar-refractivity contribution in [3.05, 3.63) is 57.5 Å². The number of benzene rings is 2. The standard InChI is InChI=1S/C15H10BrClN2OS/c16-12-3-1-2-4-14(12)21-9-15(20)19-13-7-11(17)6-5-10(13)8-18/h1-7H,9H2,(H,19,20). The maximum Gasteiger partial charge on any atom is 0.234 e. The molecule has 0 saturated heterocycles. The SMILES string of the molecule is N#Cc1ccc(Cl)cc1NC(=O)CSc1ccccc1Br. The second-order valence-corrected chi connectivity index (χ2v) is 6.38. The van der Waals surface area contributed by atoms with Crippen LogP contribution in [0.1, 0.15) is 5.56 Å². The van der Waals surface area contributed by atoms with Gasteiger partial charge in [-0.1, -0.05) is 23.7 Å². The number of nitrogens with one attached hydrogen (secondary N) is 1. The molecule has 0 aliphatic carbocycles. The molecule has 0 aromatic heterocycles. The summed E-state index contributed by atoms with van der Waals surface area (Å²) in [5.41, 5.74) is 0.821. The molecule has 0 heterocycles. The van der Waals surface area contributed by atoms with Gasteiger partial charge in [0.15, 0.2) is 0 Å². The molecule has 2 aromatic carbocycles. The first-order valence-electron chi connectivity index (χ1n) is 5.97. The van der Waals surface area contributed by atoms with Gasteiger partial charge in [0.25, 0.3) is 0 Å². The van der Waals surface area contributed by atoms with E-state index in [2.05, 4.69) is 21.2 Å². The van der Waals surface area contributed by atoms with E-state index in [1.165, 1.54) is 11.8 Å². The Balaban J connectivity index is 2.01. The molecule has 0 saturated carbocycles. The minimum Gasteiger partial charge on any atom is -0.324 e. The Morgan fingerprint density at radius 3 is 2.81 bits per heavy atom. The van der Waals surface area contributed by atoms with Crippen LogP contribution >= 0.6 is 39.3 Å². The monoisotopic (exact) mass is 380 g/mol. The summed E-state index contributed by atoms with van der Waals surface area (Å²) in [7, 11) is 0. The average molecular weight is 382 g/mol. The van der Waals surface area contributed by atoms with E-state index in [0.717, 1.165) is 9.37 Å². The summed E-state index contributed by atoms with van der Waals surface area (Å²) in [6, 6.07) is 14.5. The van der Waals surface area contributed by atoms with Gasteiger partial charge in [-0.15, -0.1) is 11.8 Å². The molecular weight excluding hydrogens is 372 g/mol. The van der Waals surface area contributed by atoms with Crippen LogP contribution in [0.25, 0.3) is 0 Å². The quantitative estimate of drug-likeness (QED) is 0.781. The number of thioether (sulfide) groups is 1. The maximum absolute atomic E-state index is 12.0. The van der Waals surface area contributed by atoms with E-state index in [0.29, 0.717) is 16.3 Å². The summed E-state index contributed by atoms with van der Waals surface area (Å²) in [6.45, 7) is 0. The molecule has 2 rings (SSSR count). The lowest BCUT2D eigenvalue weighted by atomic mass is 10.2. The molecule has 0 radical (unpaired) electrons. The van der Waals surface area contributed by atoms with Gasteiger partial charge < -0.3 is 5.32 Å². The fourth-order valence-corrected chi connectivity index (χ4v) is 3.15. The van der Waals surface area contributed by atoms with Crippen molar-refractivity contribution in [1.82, 2.24) is 0 Å². The zero-order valence-corrected chi connectivity index (χ0v) is 13.9. The van der Waals surface area contributed by atoms with E-state index in [1.807, 2.05) is 30.3 Å². The topological polar surface area (TPSA) is 52.9 Å². The molecule has 0 aliphatic heterocycles. The van der Waals surface area contributed by atoms with E-state index in [1.54, 1.807) is 18.2 Å². The van der Waals surface area contributed by atoms with Crippen LogP contribution in [0.5, 0.6) is 0 Å². The number of amides is 1. The summed E-state index contributed by atoms with van der Waals surface area (Å²) < 4.78 is 0.947. The third-order valence-electron chi connectivity index (χ3n) is 2.57. The fraction of sp³-hybridized carbons (Fsp3) is 0.0667. The zero-order valence-electron chi connectivity index (χ0n) is 10.8. The number of carbonyl (C=O) groups excluding carboxylic acids is 1. The Labute approximate surface area is 140 Å². The number of halogens is 2. The van der Waals surface area contributed by atoms with Gasteiger partial charge in [-0.3, -0.25) is 4.79 Å². The number of carbonyl (C=O) groups is 1. The molecule has 0 aliphatic rings. The van der Waals surface area contributed by atoms with E-state index < -0.39 is 0 Å². The summed E-state index contributed by atoms with van der Waals surface area (Å²) in [5.74, 6) is 0.0644. The Morgan fingerprint density at radius 1 is 1.33 bits per heavy atom. The van der Waals surface area contributed by atoms with E-state index in [4.69, 9.17) is 16.9 Å². The van der Waals surface area contributed by atoms with Crippen molar-refractivity contribution >= 4 is 50.9 Å². The highest BCUT2D eigenvalue weighted by atomic mass is 79.9. The molecule has 0 atom stereocenters. The van der Waals surface area contributed by atoms with E-state index in [-0.39, 0.29) is 11.7 Å². The lowest BCUT2D eigenvalue weighted by Crippen LogP contribution is -2.15. The highest BCUT2D eigenvalue weighted by Crippen LogP contribution is 2.27. The van der Waals surface area contributed by atoms with Gasteiger partial charge in [0.2, 0.25) is 5.91 Å². The smallest absolute Gasteiger partial charge is 0.234 e. The Bertz CT molecular complexity index is 715. The molecule has 21 heavy (non-hydrogen) atoms. The van der Waals surface area contributed by atoms with Crippen molar-refractivity contribution in [2.75, 3.05) is 11.1 Å². The molecule has 6 heteroatoms. The minimum absolute atomic E-state index is 0.186. The maximum atomic E-state index is 12.0. The van der Waals surface area contributed by atoms with Crippen molar-refractivity contribution in [3.8, 4) is 6.07 Å². The number of nitrogens with zero attached hydrogens (tertiary/aromatic N) is 1. The van der Waals surface area contributed by atoms with Gasteiger partial charge in [-0.2, -0.15) is 5.26 Å². The highest BCUT2D eigenvalue weighted by Gasteiger charge is 2.09. The van der Waals surface area contributed by atoms with Gasteiger partial charge in [-0.05, 0) is 46.3 Å². The van der Waals surface area contributed by atoms with Crippen molar-refractivity contribution in [1.29, 1.82) is 5.26 Å². The Morgan fingerprint density at radius 2 is 2.10 bits per heavy atom. The number of hydrogen-bond donors (Lipinski definition) is 1. The predicted molar refractivity (Wildman–Crippen MR) is 89.7 cm³/mol. The molecule has 0 spiro atoms. The van der Waals surface area contributed by atoms with Crippen LogP contribution in [-0.4, -0.2) is 11.7 Å². The van der Waals surface area contributed by atoms with Gasteiger partial charge >= 0.3 is 0 Å². The second kappa shape index (κ2) is 7.51. The summed E-state index contributed by atoms with van der Waals surface area (Å²) in [4.78, 5) is 13.0.